The van der Waals surface area contributed by atoms with Crippen LogP contribution in [0, 0.1) is 0 Å². The Kier molecular flexibility index (Phi) is 26.7. The van der Waals surface area contributed by atoms with Gasteiger partial charge in [-0.15, -0.1) is 0 Å². The first-order valence-electron chi connectivity index (χ1n) is 0.565. The maximum absolute atomic E-state index is 8.67. The molecular weight excluding hydrogens is 145 g/mol. The molecule has 0 aromatic carbocycles. The third-order valence-electron chi connectivity index (χ3n) is 0. The molecule has 3 nitrogen and oxygen atoms in total. The molecule has 0 unspecified atom stereocenters. The van der Waals surface area contributed by atoms with Gasteiger partial charge in [-0.05, 0) is 0 Å². The van der Waals surface area contributed by atoms with Crippen LogP contribution in [0.1, 0.15) is 0 Å². The average Bonchev–Trinajstić information content (AvgIpc) is 0.811. The van der Waals surface area contributed by atoms with E-state index in [2.05, 4.69) is 0 Å². The van der Waals surface area contributed by atoms with Crippen LogP contribution in [0.25, 0.3) is 0 Å². The predicted octanol–water partition coefficient (Wildman–Crippen LogP) is -2.09. The molecule has 28 valence electrons. The van der Waals surface area contributed by atoms with Crippen molar-refractivity contribution < 1.29 is 26.8 Å². The van der Waals surface area contributed by atoms with Crippen molar-refractivity contribution in [1.29, 1.82) is 0 Å². The second kappa shape index (κ2) is 10.2. The predicted molar refractivity (Wildman–Crippen MR) is 17.9 cm³/mol. The van der Waals surface area contributed by atoms with Crippen LogP contribution in [0.15, 0.2) is 0 Å². The van der Waals surface area contributed by atoms with Crippen molar-refractivity contribution in [1.82, 2.24) is 0 Å². The zero-order valence-corrected chi connectivity index (χ0v) is 3.11. The number of rotatable bonds is 0. The molecule has 6 heavy (non-hydrogen) atoms. The second-order valence-corrected chi connectivity index (χ2v) is 0.981. The monoisotopic (exact) mass is 148 g/mol. The Morgan fingerprint density at radius 3 is 1.17 bits per heavy atom. The van der Waals surface area contributed by atoms with Crippen LogP contribution >= 0.6 is 0 Å². The van der Waals surface area contributed by atoms with E-state index in [1.54, 1.807) is 0 Å². The third kappa shape index (κ3) is 35.4. The standard InChI is InChI=1S/2Na.H2O.2O.V.2H/h;;1H2;;;;;/q;;;;;+1;;/p-1. The summed E-state index contributed by atoms with van der Waals surface area (Å²) in [5.41, 5.74) is 0. The number of hydrogen-bond donors (Lipinski definition) is 1. The van der Waals surface area contributed by atoms with E-state index < -0.39 is 15.4 Å². The summed E-state index contributed by atoms with van der Waals surface area (Å²) >= 11 is -3.69. The topological polar surface area (TPSA) is 54.4 Å². The fourth-order valence-electron chi connectivity index (χ4n) is 0. The first kappa shape index (κ1) is 15.7. The van der Waals surface area contributed by atoms with Crippen molar-refractivity contribution in [3.05, 3.63) is 0 Å². The van der Waals surface area contributed by atoms with Gasteiger partial charge in [0.25, 0.3) is 0 Å². The molecule has 0 saturated carbocycles. The molecule has 0 aromatic rings. The molecule has 1 N–H and O–H groups in total. The molecule has 0 fully saturated rings. The summed E-state index contributed by atoms with van der Waals surface area (Å²) in [6.45, 7) is 0. The van der Waals surface area contributed by atoms with Crippen LogP contribution in [-0.2, 0) is 22.7 Å². The molecular formula is H3Na2O3V. The van der Waals surface area contributed by atoms with Gasteiger partial charge < -0.3 is 0 Å². The van der Waals surface area contributed by atoms with Gasteiger partial charge in [0.05, 0.1) is 0 Å². The molecule has 0 amide bonds. The summed E-state index contributed by atoms with van der Waals surface area (Å²) in [7, 11) is 0. The Labute approximate surface area is 84.4 Å². The molecule has 0 radical (unpaired) electrons. The summed E-state index contributed by atoms with van der Waals surface area (Å²) in [5, 5.41) is 0. The third-order valence-corrected chi connectivity index (χ3v) is 0. The molecule has 0 aliphatic carbocycles. The molecule has 0 spiro atoms. The van der Waals surface area contributed by atoms with Crippen molar-refractivity contribution >= 4 is 59.1 Å². The molecule has 0 aliphatic heterocycles. The van der Waals surface area contributed by atoms with E-state index in [-0.39, 0.29) is 59.1 Å². The zero-order valence-electron chi connectivity index (χ0n) is 1.71. The van der Waals surface area contributed by atoms with Gasteiger partial charge in [-0.2, -0.15) is 0 Å². The Bertz CT molecular complexity index is 57.2. The molecule has 0 heterocycles. The molecule has 0 aromatic heterocycles. The van der Waals surface area contributed by atoms with E-state index in [1.807, 2.05) is 0 Å². The Morgan fingerprint density at radius 1 is 1.17 bits per heavy atom. The van der Waals surface area contributed by atoms with Crippen LogP contribution in [0.3, 0.4) is 0 Å². The molecule has 0 aliphatic rings. The molecule has 6 heteroatoms. The minimum atomic E-state index is -3.69. The maximum atomic E-state index is 8.67. The fraction of sp³-hybridized carbons (Fsp3) is 0. The van der Waals surface area contributed by atoms with Crippen molar-refractivity contribution in [2.75, 3.05) is 0 Å². The summed E-state index contributed by atoms with van der Waals surface area (Å²) in [5.74, 6) is 0. The molecule has 0 saturated heterocycles. The van der Waals surface area contributed by atoms with Crippen LogP contribution in [0.5, 0.6) is 0 Å². The zero-order chi connectivity index (χ0) is 3.58. The molecule has 0 atom stereocenters. The van der Waals surface area contributed by atoms with E-state index in [0.717, 1.165) is 0 Å². The summed E-state index contributed by atoms with van der Waals surface area (Å²) in [4.78, 5) is 0. The minimum absolute atomic E-state index is 0. The van der Waals surface area contributed by atoms with Gasteiger partial charge in [0.15, 0.2) is 0 Å². The van der Waals surface area contributed by atoms with Crippen LogP contribution in [0.2, 0.25) is 0 Å². The van der Waals surface area contributed by atoms with Crippen LogP contribution in [0.4, 0.5) is 0 Å². The first-order valence-corrected chi connectivity index (χ1v) is 2.33. The van der Waals surface area contributed by atoms with E-state index in [4.69, 9.17) is 11.4 Å². The quantitative estimate of drug-likeness (QED) is 0.400. The molecule has 0 bridgehead atoms. The second-order valence-electron chi connectivity index (χ2n) is 0.238. The van der Waals surface area contributed by atoms with E-state index in [1.165, 1.54) is 0 Å². The first-order chi connectivity index (χ1) is 1.73. The average molecular weight is 148 g/mol. The van der Waals surface area contributed by atoms with Crippen LogP contribution in [-0.4, -0.2) is 63.1 Å². The molecule has 0 rings (SSSR count). The van der Waals surface area contributed by atoms with E-state index in [0.29, 0.717) is 0 Å². The van der Waals surface area contributed by atoms with Gasteiger partial charge in [-0.3, -0.25) is 0 Å². The normalized spacial score (nSPS) is 4.17. The van der Waals surface area contributed by atoms with Gasteiger partial charge in [-0.25, -0.2) is 0 Å². The van der Waals surface area contributed by atoms with Gasteiger partial charge in [0, 0.05) is 0 Å². The van der Waals surface area contributed by atoms with Gasteiger partial charge in [-0.1, -0.05) is 0 Å². The SMILES string of the molecule is [NaH].[NaH].[O]=[V](=[O])[OH]. The van der Waals surface area contributed by atoms with Crippen LogP contribution < -0.4 is 0 Å². The summed E-state index contributed by atoms with van der Waals surface area (Å²) in [6.07, 6.45) is 0. The van der Waals surface area contributed by atoms with Crippen molar-refractivity contribution in [2.45, 2.75) is 0 Å². The summed E-state index contributed by atoms with van der Waals surface area (Å²) in [6, 6.07) is 0. The summed E-state index contributed by atoms with van der Waals surface area (Å²) < 4.78 is 24.4. The fourth-order valence-corrected chi connectivity index (χ4v) is 0. The van der Waals surface area contributed by atoms with Gasteiger partial charge in [0.1, 0.15) is 0 Å². The van der Waals surface area contributed by atoms with Gasteiger partial charge in [0.2, 0.25) is 0 Å². The van der Waals surface area contributed by atoms with Crippen molar-refractivity contribution in [3.63, 3.8) is 0 Å². The van der Waals surface area contributed by atoms with Crippen molar-refractivity contribution in [3.8, 4) is 0 Å². The van der Waals surface area contributed by atoms with Gasteiger partial charge >= 0.3 is 85.9 Å². The number of hydrogen-bond acceptors (Lipinski definition) is 2. The Hall–Kier alpha value is 2.14. The Morgan fingerprint density at radius 2 is 1.17 bits per heavy atom. The van der Waals surface area contributed by atoms with Crippen molar-refractivity contribution in [2.24, 2.45) is 0 Å². The van der Waals surface area contributed by atoms with E-state index >= 15 is 0 Å². The Balaban J connectivity index is -0.0000000450. The van der Waals surface area contributed by atoms with E-state index in [9.17, 15) is 0 Å².